The van der Waals surface area contributed by atoms with E-state index in [0.29, 0.717) is 25.7 Å². The number of nitrogens with two attached hydrogens (primary N) is 1. The third kappa shape index (κ3) is 4.34. The molecule has 0 saturated heterocycles. The molecule has 0 bridgehead atoms. The molecule has 0 fully saturated rings. The smallest absolute Gasteiger partial charge is 0.248 e. The number of aliphatic hydroxyl groups is 1. The second-order valence-corrected chi connectivity index (χ2v) is 4.32. The predicted octanol–water partition coefficient (Wildman–Crippen LogP) is 0.0590. The maximum atomic E-state index is 12.0. The average molecular weight is 255 g/mol. The maximum Gasteiger partial charge on any atom is 0.248 e. The van der Waals surface area contributed by atoms with E-state index < -0.39 is 23.3 Å². The van der Waals surface area contributed by atoms with E-state index in [2.05, 4.69) is 11.4 Å². The van der Waals surface area contributed by atoms with E-state index in [1.807, 2.05) is 13.8 Å². The van der Waals surface area contributed by atoms with Gasteiger partial charge in [0, 0.05) is 0 Å². The first kappa shape index (κ1) is 16.4. The van der Waals surface area contributed by atoms with Gasteiger partial charge in [-0.3, -0.25) is 9.59 Å². The highest BCUT2D eigenvalue weighted by Gasteiger charge is 2.37. The summed E-state index contributed by atoms with van der Waals surface area (Å²) in [5.74, 6) is -1.35. The summed E-state index contributed by atoms with van der Waals surface area (Å²) in [5.41, 5.74) is 3.79. The molecular weight excluding hydrogens is 234 g/mol. The van der Waals surface area contributed by atoms with Gasteiger partial charge in [0.15, 0.2) is 0 Å². The van der Waals surface area contributed by atoms with Crippen molar-refractivity contribution in [3.8, 4) is 6.07 Å². The lowest BCUT2D eigenvalue weighted by atomic mass is 9.80. The highest BCUT2D eigenvalue weighted by molar-refractivity contribution is 5.86. The summed E-state index contributed by atoms with van der Waals surface area (Å²) in [7, 11) is 0. The van der Waals surface area contributed by atoms with Crippen LogP contribution in [0.2, 0.25) is 0 Å². The first-order chi connectivity index (χ1) is 8.43. The van der Waals surface area contributed by atoms with E-state index in [4.69, 9.17) is 5.73 Å². The molecule has 0 aliphatic carbocycles. The van der Waals surface area contributed by atoms with Crippen molar-refractivity contribution in [2.45, 2.75) is 45.6 Å². The van der Waals surface area contributed by atoms with Crippen LogP contribution in [0.5, 0.6) is 0 Å². The summed E-state index contributed by atoms with van der Waals surface area (Å²) >= 11 is 0. The van der Waals surface area contributed by atoms with Crippen LogP contribution in [-0.4, -0.2) is 29.6 Å². The Kier molecular flexibility index (Phi) is 6.98. The Labute approximate surface area is 107 Å². The van der Waals surface area contributed by atoms with Gasteiger partial charge in [-0.25, -0.2) is 0 Å². The van der Waals surface area contributed by atoms with Gasteiger partial charge >= 0.3 is 0 Å². The molecule has 0 aliphatic rings. The van der Waals surface area contributed by atoms with Crippen LogP contribution in [0.1, 0.15) is 39.5 Å². The van der Waals surface area contributed by atoms with Crippen molar-refractivity contribution in [2.75, 3.05) is 6.54 Å². The zero-order valence-corrected chi connectivity index (χ0v) is 10.9. The van der Waals surface area contributed by atoms with Gasteiger partial charge in [0.25, 0.3) is 0 Å². The standard InChI is InChI=1S/C12H21N3O3/c1-3-5-12(8-13,6-4-2)11(18)15-7-9(16)10(14)17/h9,16H,3-7H2,1-2H3,(H2,14,17)(H,15,18). The Bertz CT molecular complexity index is 330. The monoisotopic (exact) mass is 255 g/mol. The van der Waals surface area contributed by atoms with Crippen molar-refractivity contribution in [2.24, 2.45) is 11.1 Å². The van der Waals surface area contributed by atoms with Crippen LogP contribution in [0.25, 0.3) is 0 Å². The molecule has 0 saturated carbocycles. The van der Waals surface area contributed by atoms with Crippen LogP contribution in [0.4, 0.5) is 0 Å². The Hall–Kier alpha value is -1.61. The number of carbonyl (C=O) groups excluding carboxylic acids is 2. The number of nitrogens with one attached hydrogen (secondary N) is 1. The van der Waals surface area contributed by atoms with Gasteiger partial charge in [0.1, 0.15) is 11.5 Å². The van der Waals surface area contributed by atoms with Gasteiger partial charge in [0.2, 0.25) is 11.8 Å². The number of primary amides is 1. The Morgan fingerprint density at radius 3 is 2.22 bits per heavy atom. The van der Waals surface area contributed by atoms with Crippen LogP contribution in [-0.2, 0) is 9.59 Å². The molecule has 6 heteroatoms. The first-order valence-corrected chi connectivity index (χ1v) is 6.10. The second kappa shape index (κ2) is 7.67. The van der Waals surface area contributed by atoms with E-state index in [0.717, 1.165) is 0 Å². The van der Waals surface area contributed by atoms with Crippen molar-refractivity contribution in [1.82, 2.24) is 5.32 Å². The summed E-state index contributed by atoms with van der Waals surface area (Å²) in [6.45, 7) is 3.53. The summed E-state index contributed by atoms with van der Waals surface area (Å²) in [4.78, 5) is 22.6. The largest absolute Gasteiger partial charge is 0.381 e. The number of nitrogens with zero attached hydrogens (tertiary/aromatic N) is 1. The van der Waals surface area contributed by atoms with Gasteiger partial charge < -0.3 is 16.2 Å². The molecule has 0 aliphatic heterocycles. The summed E-state index contributed by atoms with van der Waals surface area (Å²) in [5, 5.41) is 20.8. The summed E-state index contributed by atoms with van der Waals surface area (Å²) in [6, 6.07) is 2.06. The molecule has 1 atom stereocenters. The normalized spacial score (nSPS) is 12.6. The van der Waals surface area contributed by atoms with Crippen molar-refractivity contribution in [3.05, 3.63) is 0 Å². The van der Waals surface area contributed by atoms with Crippen LogP contribution < -0.4 is 11.1 Å². The molecule has 0 rings (SSSR count). The average Bonchev–Trinajstić information content (AvgIpc) is 2.34. The van der Waals surface area contributed by atoms with Crippen molar-refractivity contribution >= 4 is 11.8 Å². The van der Waals surface area contributed by atoms with Crippen LogP contribution in [0, 0.1) is 16.7 Å². The highest BCUT2D eigenvalue weighted by atomic mass is 16.3. The molecule has 2 amide bonds. The zero-order chi connectivity index (χ0) is 14.2. The van der Waals surface area contributed by atoms with Crippen LogP contribution in [0.15, 0.2) is 0 Å². The molecule has 0 aromatic carbocycles. The molecule has 0 heterocycles. The second-order valence-electron chi connectivity index (χ2n) is 4.32. The van der Waals surface area contributed by atoms with E-state index in [-0.39, 0.29) is 6.54 Å². The molecular formula is C12H21N3O3. The third-order valence-corrected chi connectivity index (χ3v) is 2.79. The van der Waals surface area contributed by atoms with Crippen LogP contribution in [0.3, 0.4) is 0 Å². The molecule has 0 radical (unpaired) electrons. The number of hydrogen-bond donors (Lipinski definition) is 3. The highest BCUT2D eigenvalue weighted by Crippen LogP contribution is 2.29. The molecule has 4 N–H and O–H groups in total. The fraction of sp³-hybridized carbons (Fsp3) is 0.750. The first-order valence-electron chi connectivity index (χ1n) is 6.10. The minimum absolute atomic E-state index is 0.259. The topological polar surface area (TPSA) is 116 Å². The number of nitriles is 1. The van der Waals surface area contributed by atoms with Gasteiger partial charge in [-0.1, -0.05) is 26.7 Å². The maximum absolute atomic E-state index is 12.0. The minimum atomic E-state index is -1.42. The third-order valence-electron chi connectivity index (χ3n) is 2.79. The molecule has 102 valence electrons. The predicted molar refractivity (Wildman–Crippen MR) is 66.1 cm³/mol. The zero-order valence-electron chi connectivity index (χ0n) is 10.9. The van der Waals surface area contributed by atoms with Gasteiger partial charge in [-0.05, 0) is 12.8 Å². The lowest BCUT2D eigenvalue weighted by Gasteiger charge is -2.24. The number of carbonyl (C=O) groups is 2. The minimum Gasteiger partial charge on any atom is -0.381 e. The van der Waals surface area contributed by atoms with Crippen LogP contribution >= 0.6 is 0 Å². The number of aliphatic hydroxyl groups excluding tert-OH is 1. The van der Waals surface area contributed by atoms with E-state index >= 15 is 0 Å². The quantitative estimate of drug-likeness (QED) is 0.568. The summed E-state index contributed by atoms with van der Waals surface area (Å²) < 4.78 is 0. The molecule has 0 aromatic heterocycles. The number of amides is 2. The Morgan fingerprint density at radius 2 is 1.89 bits per heavy atom. The molecule has 1 unspecified atom stereocenters. The Morgan fingerprint density at radius 1 is 1.39 bits per heavy atom. The van der Waals surface area contributed by atoms with Crippen molar-refractivity contribution in [3.63, 3.8) is 0 Å². The van der Waals surface area contributed by atoms with Crippen molar-refractivity contribution < 1.29 is 14.7 Å². The number of hydrogen-bond acceptors (Lipinski definition) is 4. The van der Waals surface area contributed by atoms with Crippen molar-refractivity contribution in [1.29, 1.82) is 5.26 Å². The Balaban J connectivity index is 4.67. The van der Waals surface area contributed by atoms with E-state index in [1.54, 1.807) is 0 Å². The van der Waals surface area contributed by atoms with Gasteiger partial charge in [-0.15, -0.1) is 0 Å². The molecule has 0 spiro atoms. The SMILES string of the molecule is CCCC(C#N)(CCC)C(=O)NCC(O)C(N)=O. The van der Waals surface area contributed by atoms with E-state index in [1.165, 1.54) is 0 Å². The fourth-order valence-electron chi connectivity index (χ4n) is 1.83. The fourth-order valence-corrected chi connectivity index (χ4v) is 1.83. The molecule has 0 aromatic rings. The molecule has 18 heavy (non-hydrogen) atoms. The molecule has 6 nitrogen and oxygen atoms in total. The van der Waals surface area contributed by atoms with Gasteiger partial charge in [-0.2, -0.15) is 5.26 Å². The van der Waals surface area contributed by atoms with Gasteiger partial charge in [0.05, 0.1) is 12.6 Å². The summed E-state index contributed by atoms with van der Waals surface area (Å²) in [6.07, 6.45) is 0.901. The lowest BCUT2D eigenvalue weighted by molar-refractivity contribution is -0.130. The van der Waals surface area contributed by atoms with E-state index in [9.17, 15) is 20.0 Å². The number of rotatable bonds is 8. The lowest BCUT2D eigenvalue weighted by Crippen LogP contribution is -2.46.